The molecule has 0 amide bonds. The molecule has 0 fully saturated rings. The highest BCUT2D eigenvalue weighted by Gasteiger charge is 2.13. The summed E-state index contributed by atoms with van der Waals surface area (Å²) in [5.41, 5.74) is 7.13. The smallest absolute Gasteiger partial charge is 0.115 e. The highest BCUT2D eigenvalue weighted by atomic mass is 19.1. The molecule has 0 aliphatic heterocycles. The molecule has 1 nitrogen and oxygen atoms in total. The average molecular weight is 167 g/mol. The third-order valence-electron chi connectivity index (χ3n) is 1.83. The highest BCUT2D eigenvalue weighted by Crippen LogP contribution is 2.18. The Bertz CT molecular complexity index is 263. The molecule has 0 atom stereocenters. The van der Waals surface area contributed by atoms with Crippen molar-refractivity contribution in [2.24, 2.45) is 5.73 Å². The van der Waals surface area contributed by atoms with E-state index >= 15 is 0 Å². The van der Waals surface area contributed by atoms with E-state index in [1.165, 1.54) is 0 Å². The van der Waals surface area contributed by atoms with Gasteiger partial charge in [0.05, 0.1) is 0 Å². The van der Waals surface area contributed by atoms with Gasteiger partial charge in [-0.25, -0.2) is 4.39 Å². The monoisotopic (exact) mass is 167 g/mol. The maximum atomic E-state index is 12.3. The van der Waals surface area contributed by atoms with E-state index in [9.17, 15) is 4.39 Å². The van der Waals surface area contributed by atoms with Crippen LogP contribution < -0.4 is 5.73 Å². The molecule has 0 bridgehead atoms. The molecular weight excluding hydrogens is 153 g/mol. The van der Waals surface area contributed by atoms with Crippen molar-refractivity contribution in [3.63, 3.8) is 0 Å². The number of halogens is 1. The molecule has 12 heavy (non-hydrogen) atoms. The Labute approximate surface area is 72.4 Å². The Morgan fingerprint density at radius 1 is 1.42 bits per heavy atom. The van der Waals surface area contributed by atoms with Crippen molar-refractivity contribution in [3.05, 3.63) is 35.4 Å². The first-order chi connectivity index (χ1) is 5.54. The van der Waals surface area contributed by atoms with E-state index in [-0.39, 0.29) is 5.54 Å². The summed E-state index contributed by atoms with van der Waals surface area (Å²) in [7, 11) is 0. The van der Waals surface area contributed by atoms with Crippen LogP contribution in [0.15, 0.2) is 24.3 Å². The first-order valence-corrected chi connectivity index (χ1v) is 3.98. The Morgan fingerprint density at radius 3 is 2.58 bits per heavy atom. The summed E-state index contributed by atoms with van der Waals surface area (Å²) in [4.78, 5) is 0. The van der Waals surface area contributed by atoms with Gasteiger partial charge in [-0.15, -0.1) is 0 Å². The molecule has 1 aromatic carbocycles. The lowest BCUT2D eigenvalue weighted by Crippen LogP contribution is -2.28. The molecule has 0 radical (unpaired) electrons. The summed E-state index contributed by atoms with van der Waals surface area (Å²) in [6.07, 6.45) is 0. The van der Waals surface area contributed by atoms with Gasteiger partial charge in [-0.1, -0.05) is 24.3 Å². The van der Waals surface area contributed by atoms with Crippen LogP contribution >= 0.6 is 0 Å². The minimum absolute atomic E-state index is 0.384. The van der Waals surface area contributed by atoms with Crippen LogP contribution in [0, 0.1) is 0 Å². The van der Waals surface area contributed by atoms with Gasteiger partial charge in [0.15, 0.2) is 0 Å². The summed E-state index contributed by atoms with van der Waals surface area (Å²) in [6.45, 7) is 3.39. The van der Waals surface area contributed by atoms with E-state index in [4.69, 9.17) is 5.73 Å². The zero-order valence-corrected chi connectivity index (χ0v) is 7.47. The second-order valence-electron chi connectivity index (χ2n) is 3.56. The zero-order chi connectivity index (χ0) is 9.19. The second kappa shape index (κ2) is 3.23. The lowest BCUT2D eigenvalue weighted by Gasteiger charge is -2.19. The molecule has 1 aromatic rings. The van der Waals surface area contributed by atoms with Crippen molar-refractivity contribution in [1.29, 1.82) is 0 Å². The first kappa shape index (κ1) is 9.20. The van der Waals surface area contributed by atoms with Crippen LogP contribution in [0.25, 0.3) is 0 Å². The summed E-state index contributed by atoms with van der Waals surface area (Å²) in [5.74, 6) is 0. The summed E-state index contributed by atoms with van der Waals surface area (Å²) in [5, 5.41) is 0. The molecule has 0 aliphatic carbocycles. The molecular formula is C10H14FN. The van der Waals surface area contributed by atoms with Crippen LogP contribution in [0.4, 0.5) is 4.39 Å². The van der Waals surface area contributed by atoms with Crippen molar-refractivity contribution < 1.29 is 4.39 Å². The molecule has 2 N–H and O–H groups in total. The second-order valence-corrected chi connectivity index (χ2v) is 3.56. The summed E-state index contributed by atoms with van der Waals surface area (Å²) >= 11 is 0. The van der Waals surface area contributed by atoms with Crippen LogP contribution in [0.5, 0.6) is 0 Å². The van der Waals surface area contributed by atoms with E-state index in [1.807, 2.05) is 26.0 Å². The molecule has 0 saturated heterocycles. The van der Waals surface area contributed by atoms with Gasteiger partial charge in [-0.2, -0.15) is 0 Å². The normalized spacial score (nSPS) is 11.7. The van der Waals surface area contributed by atoms with E-state index in [0.29, 0.717) is 5.56 Å². The molecule has 1 rings (SSSR count). The lowest BCUT2D eigenvalue weighted by molar-refractivity contribution is 0.482. The SMILES string of the molecule is CC(C)(N)c1cccc(CF)c1. The van der Waals surface area contributed by atoms with E-state index in [0.717, 1.165) is 5.56 Å². The predicted molar refractivity (Wildman–Crippen MR) is 48.5 cm³/mol. The van der Waals surface area contributed by atoms with E-state index < -0.39 is 6.67 Å². The highest BCUT2D eigenvalue weighted by molar-refractivity contribution is 5.27. The van der Waals surface area contributed by atoms with E-state index in [1.54, 1.807) is 12.1 Å². The zero-order valence-electron chi connectivity index (χ0n) is 7.47. The fourth-order valence-electron chi connectivity index (χ4n) is 1.06. The van der Waals surface area contributed by atoms with Crippen LogP contribution in [0.3, 0.4) is 0 Å². The molecule has 2 heteroatoms. The number of nitrogens with two attached hydrogens (primary N) is 1. The first-order valence-electron chi connectivity index (χ1n) is 3.98. The molecule has 0 saturated carbocycles. The van der Waals surface area contributed by atoms with Crippen molar-refractivity contribution >= 4 is 0 Å². The van der Waals surface area contributed by atoms with E-state index in [2.05, 4.69) is 0 Å². The Hall–Kier alpha value is -0.890. The average Bonchev–Trinajstić information content (AvgIpc) is 2.03. The van der Waals surface area contributed by atoms with Crippen molar-refractivity contribution in [2.45, 2.75) is 26.1 Å². The van der Waals surface area contributed by atoms with Crippen LogP contribution in [0.2, 0.25) is 0 Å². The minimum atomic E-state index is -0.427. The Kier molecular flexibility index (Phi) is 2.48. The largest absolute Gasteiger partial charge is 0.322 e. The number of benzene rings is 1. The lowest BCUT2D eigenvalue weighted by atomic mass is 9.94. The van der Waals surface area contributed by atoms with Crippen molar-refractivity contribution in [2.75, 3.05) is 0 Å². The predicted octanol–water partition coefficient (Wildman–Crippen LogP) is 2.35. The van der Waals surface area contributed by atoms with Gasteiger partial charge < -0.3 is 5.73 Å². The molecule has 0 spiro atoms. The van der Waals surface area contributed by atoms with Gasteiger partial charge in [0, 0.05) is 5.54 Å². The molecule has 66 valence electrons. The van der Waals surface area contributed by atoms with Crippen molar-refractivity contribution in [3.8, 4) is 0 Å². The van der Waals surface area contributed by atoms with Crippen LogP contribution in [-0.2, 0) is 12.2 Å². The van der Waals surface area contributed by atoms with Gasteiger partial charge in [0.2, 0.25) is 0 Å². The van der Waals surface area contributed by atoms with Gasteiger partial charge in [0.1, 0.15) is 6.67 Å². The standard InChI is InChI=1S/C10H14FN/c1-10(2,12)9-5-3-4-8(6-9)7-11/h3-6H,7,12H2,1-2H3. The fourth-order valence-corrected chi connectivity index (χ4v) is 1.06. The maximum Gasteiger partial charge on any atom is 0.115 e. The van der Waals surface area contributed by atoms with Gasteiger partial charge in [-0.05, 0) is 25.0 Å². The Morgan fingerprint density at radius 2 is 2.08 bits per heavy atom. The third kappa shape index (κ3) is 2.05. The topological polar surface area (TPSA) is 26.0 Å². The molecule has 0 heterocycles. The number of hydrogen-bond acceptors (Lipinski definition) is 1. The number of hydrogen-bond donors (Lipinski definition) is 1. The Balaban J connectivity index is 3.02. The third-order valence-corrected chi connectivity index (χ3v) is 1.83. The van der Waals surface area contributed by atoms with Crippen LogP contribution in [-0.4, -0.2) is 0 Å². The molecule has 0 aliphatic rings. The van der Waals surface area contributed by atoms with Gasteiger partial charge >= 0.3 is 0 Å². The quantitative estimate of drug-likeness (QED) is 0.718. The van der Waals surface area contributed by atoms with Gasteiger partial charge in [-0.3, -0.25) is 0 Å². The minimum Gasteiger partial charge on any atom is -0.322 e. The number of rotatable bonds is 2. The molecule has 0 unspecified atom stereocenters. The molecule has 0 aromatic heterocycles. The summed E-state index contributed by atoms with van der Waals surface area (Å²) < 4.78 is 12.3. The maximum absolute atomic E-state index is 12.3. The summed E-state index contributed by atoms with van der Waals surface area (Å²) in [6, 6.07) is 7.31. The number of alkyl halides is 1. The van der Waals surface area contributed by atoms with Crippen molar-refractivity contribution in [1.82, 2.24) is 0 Å². The fraction of sp³-hybridized carbons (Fsp3) is 0.400. The van der Waals surface area contributed by atoms with Crippen LogP contribution in [0.1, 0.15) is 25.0 Å². The van der Waals surface area contributed by atoms with Gasteiger partial charge in [0.25, 0.3) is 0 Å².